The van der Waals surface area contributed by atoms with Gasteiger partial charge in [0.05, 0.1) is 19.6 Å². The van der Waals surface area contributed by atoms with Crippen molar-refractivity contribution in [3.05, 3.63) is 23.8 Å². The number of rotatable bonds is 5. The van der Waals surface area contributed by atoms with Gasteiger partial charge in [-0.2, -0.15) is 0 Å². The maximum absolute atomic E-state index is 11.5. The molecular weight excluding hydrogens is 220 g/mol. The molecule has 0 saturated carbocycles. The molecule has 0 saturated heterocycles. The minimum absolute atomic E-state index is 0.0973. The van der Waals surface area contributed by atoms with Gasteiger partial charge in [-0.1, -0.05) is 13.0 Å². The maximum Gasteiger partial charge on any atom is 0.308 e. The Balaban J connectivity index is 2.71. The summed E-state index contributed by atoms with van der Waals surface area (Å²) in [4.78, 5) is 11.5. The predicted octanol–water partition coefficient (Wildman–Crippen LogP) is 2.14. The second-order valence-corrected chi connectivity index (χ2v) is 3.86. The standard InChI is InChI=1S/C13H18O4/c1-4-17-13(15)9(2)7-10-5-6-11(14)12(8-10)16-3/h5-6,8-9,14H,4,7H2,1-3H3. The van der Waals surface area contributed by atoms with Crippen molar-refractivity contribution in [1.29, 1.82) is 0 Å². The highest BCUT2D eigenvalue weighted by molar-refractivity contribution is 5.72. The van der Waals surface area contributed by atoms with Gasteiger partial charge in [-0.05, 0) is 31.0 Å². The number of phenols is 1. The van der Waals surface area contributed by atoms with Crippen LogP contribution in [-0.2, 0) is 16.0 Å². The van der Waals surface area contributed by atoms with Crippen LogP contribution >= 0.6 is 0 Å². The van der Waals surface area contributed by atoms with Crippen LogP contribution in [0.15, 0.2) is 18.2 Å². The maximum atomic E-state index is 11.5. The highest BCUT2D eigenvalue weighted by Crippen LogP contribution is 2.27. The van der Waals surface area contributed by atoms with E-state index in [2.05, 4.69) is 0 Å². The third-order valence-corrected chi connectivity index (χ3v) is 2.47. The Morgan fingerprint density at radius 3 is 2.76 bits per heavy atom. The normalized spacial score (nSPS) is 11.9. The average molecular weight is 238 g/mol. The molecule has 1 aromatic carbocycles. The quantitative estimate of drug-likeness (QED) is 0.798. The summed E-state index contributed by atoms with van der Waals surface area (Å²) in [6, 6.07) is 5.06. The fraction of sp³-hybridized carbons (Fsp3) is 0.462. The molecule has 0 aliphatic heterocycles. The van der Waals surface area contributed by atoms with Crippen molar-refractivity contribution in [3.8, 4) is 11.5 Å². The van der Waals surface area contributed by atoms with E-state index in [4.69, 9.17) is 9.47 Å². The van der Waals surface area contributed by atoms with Crippen molar-refractivity contribution in [1.82, 2.24) is 0 Å². The molecule has 0 heterocycles. The molecule has 0 aromatic heterocycles. The Hall–Kier alpha value is -1.71. The molecule has 1 rings (SSSR count). The first kappa shape index (κ1) is 13.4. The van der Waals surface area contributed by atoms with Gasteiger partial charge in [0.15, 0.2) is 11.5 Å². The number of hydrogen-bond donors (Lipinski definition) is 1. The molecule has 4 nitrogen and oxygen atoms in total. The molecule has 17 heavy (non-hydrogen) atoms. The van der Waals surface area contributed by atoms with E-state index in [0.717, 1.165) is 5.56 Å². The molecule has 0 aliphatic carbocycles. The van der Waals surface area contributed by atoms with Crippen LogP contribution in [-0.4, -0.2) is 24.8 Å². The van der Waals surface area contributed by atoms with Gasteiger partial charge in [0.25, 0.3) is 0 Å². The highest BCUT2D eigenvalue weighted by Gasteiger charge is 2.15. The Morgan fingerprint density at radius 2 is 2.18 bits per heavy atom. The first-order valence-corrected chi connectivity index (χ1v) is 5.61. The molecule has 94 valence electrons. The van der Waals surface area contributed by atoms with E-state index in [1.54, 1.807) is 25.1 Å². The SMILES string of the molecule is CCOC(=O)C(C)Cc1ccc(O)c(OC)c1. The third-order valence-electron chi connectivity index (χ3n) is 2.47. The van der Waals surface area contributed by atoms with Gasteiger partial charge >= 0.3 is 5.97 Å². The molecule has 0 radical (unpaired) electrons. The fourth-order valence-electron chi connectivity index (χ4n) is 1.57. The second-order valence-electron chi connectivity index (χ2n) is 3.86. The lowest BCUT2D eigenvalue weighted by atomic mass is 10.0. The first-order chi connectivity index (χ1) is 8.08. The van der Waals surface area contributed by atoms with E-state index < -0.39 is 0 Å². The number of methoxy groups -OCH3 is 1. The van der Waals surface area contributed by atoms with E-state index in [9.17, 15) is 9.90 Å². The molecule has 1 atom stereocenters. The zero-order chi connectivity index (χ0) is 12.8. The van der Waals surface area contributed by atoms with E-state index >= 15 is 0 Å². The molecule has 1 aromatic rings. The van der Waals surface area contributed by atoms with E-state index in [-0.39, 0.29) is 17.6 Å². The summed E-state index contributed by atoms with van der Waals surface area (Å²) < 4.78 is 9.95. The lowest BCUT2D eigenvalue weighted by Gasteiger charge is -2.11. The Morgan fingerprint density at radius 1 is 1.47 bits per heavy atom. The number of ether oxygens (including phenoxy) is 2. The smallest absolute Gasteiger partial charge is 0.308 e. The fourth-order valence-corrected chi connectivity index (χ4v) is 1.57. The lowest BCUT2D eigenvalue weighted by Crippen LogP contribution is -2.16. The van der Waals surface area contributed by atoms with Crippen molar-refractivity contribution in [2.45, 2.75) is 20.3 Å². The number of carbonyl (C=O) groups excluding carboxylic acids is 1. The number of hydrogen-bond acceptors (Lipinski definition) is 4. The van der Waals surface area contributed by atoms with Gasteiger partial charge in [-0.15, -0.1) is 0 Å². The molecule has 0 aliphatic rings. The molecule has 0 amide bonds. The summed E-state index contributed by atoms with van der Waals surface area (Å²) in [7, 11) is 1.49. The first-order valence-electron chi connectivity index (χ1n) is 5.61. The summed E-state index contributed by atoms with van der Waals surface area (Å²) in [5.41, 5.74) is 0.931. The van der Waals surface area contributed by atoms with Crippen molar-refractivity contribution in [2.24, 2.45) is 5.92 Å². The summed E-state index contributed by atoms with van der Waals surface area (Å²) in [5, 5.41) is 9.45. The number of benzene rings is 1. The summed E-state index contributed by atoms with van der Waals surface area (Å²) in [6.07, 6.45) is 0.565. The van der Waals surface area contributed by atoms with Crippen LogP contribution in [0.1, 0.15) is 19.4 Å². The van der Waals surface area contributed by atoms with Crippen LogP contribution in [0.25, 0.3) is 0 Å². The number of phenolic OH excluding ortho intramolecular Hbond substituents is 1. The monoisotopic (exact) mass is 238 g/mol. The topological polar surface area (TPSA) is 55.8 Å². The second kappa shape index (κ2) is 6.13. The zero-order valence-electron chi connectivity index (χ0n) is 10.4. The van der Waals surface area contributed by atoms with Gasteiger partial charge in [0, 0.05) is 0 Å². The van der Waals surface area contributed by atoms with E-state index in [1.165, 1.54) is 7.11 Å². The van der Waals surface area contributed by atoms with Crippen molar-refractivity contribution in [2.75, 3.05) is 13.7 Å². The third kappa shape index (κ3) is 3.66. The molecule has 0 bridgehead atoms. The summed E-state index contributed by atoms with van der Waals surface area (Å²) >= 11 is 0. The van der Waals surface area contributed by atoms with Crippen LogP contribution < -0.4 is 4.74 Å². The van der Waals surface area contributed by atoms with Crippen LogP contribution in [0.4, 0.5) is 0 Å². The van der Waals surface area contributed by atoms with Crippen molar-refractivity contribution < 1.29 is 19.4 Å². The van der Waals surface area contributed by atoms with Gasteiger partial charge in [0.2, 0.25) is 0 Å². The molecule has 4 heteroatoms. The van der Waals surface area contributed by atoms with Crippen molar-refractivity contribution >= 4 is 5.97 Å². The summed E-state index contributed by atoms with van der Waals surface area (Å²) in [6.45, 7) is 3.99. The average Bonchev–Trinajstić information content (AvgIpc) is 2.31. The Labute approximate surface area is 101 Å². The largest absolute Gasteiger partial charge is 0.504 e. The minimum atomic E-state index is -0.209. The zero-order valence-corrected chi connectivity index (χ0v) is 10.4. The molecule has 0 spiro atoms. The van der Waals surface area contributed by atoms with Crippen LogP contribution in [0.5, 0.6) is 11.5 Å². The van der Waals surface area contributed by atoms with E-state index in [1.807, 2.05) is 6.92 Å². The molecular formula is C13H18O4. The number of carbonyl (C=O) groups is 1. The van der Waals surface area contributed by atoms with Gasteiger partial charge < -0.3 is 14.6 Å². The Bertz CT molecular complexity index is 387. The van der Waals surface area contributed by atoms with Gasteiger partial charge in [-0.3, -0.25) is 4.79 Å². The Kier molecular flexibility index (Phi) is 4.82. The van der Waals surface area contributed by atoms with Crippen LogP contribution in [0.3, 0.4) is 0 Å². The lowest BCUT2D eigenvalue weighted by molar-refractivity contribution is -0.147. The molecule has 1 N–H and O–H groups in total. The van der Waals surface area contributed by atoms with E-state index in [0.29, 0.717) is 18.8 Å². The van der Waals surface area contributed by atoms with Crippen LogP contribution in [0.2, 0.25) is 0 Å². The molecule has 0 fully saturated rings. The predicted molar refractivity (Wildman–Crippen MR) is 64.2 cm³/mol. The molecule has 1 unspecified atom stereocenters. The summed E-state index contributed by atoms with van der Waals surface area (Å²) in [5.74, 6) is 0.0994. The van der Waals surface area contributed by atoms with Crippen molar-refractivity contribution in [3.63, 3.8) is 0 Å². The van der Waals surface area contributed by atoms with Crippen LogP contribution in [0, 0.1) is 5.92 Å². The van der Waals surface area contributed by atoms with Gasteiger partial charge in [0.1, 0.15) is 0 Å². The minimum Gasteiger partial charge on any atom is -0.504 e. The highest BCUT2D eigenvalue weighted by atomic mass is 16.5. The number of esters is 1. The number of aromatic hydroxyl groups is 1. The van der Waals surface area contributed by atoms with Gasteiger partial charge in [-0.25, -0.2) is 0 Å².